The lowest BCUT2D eigenvalue weighted by Crippen LogP contribution is -2.28. The van der Waals surface area contributed by atoms with Crippen molar-refractivity contribution in [3.8, 4) is 5.75 Å². The molecular weight excluding hydrogens is 402 g/mol. The molecule has 1 aliphatic rings. The number of hydrogen-bond acceptors (Lipinski definition) is 6. The van der Waals surface area contributed by atoms with Gasteiger partial charge in [0.05, 0.1) is 28.7 Å². The number of aromatic nitrogens is 1. The molecule has 0 spiro atoms. The first kappa shape index (κ1) is 20.0. The summed E-state index contributed by atoms with van der Waals surface area (Å²) in [5.41, 5.74) is 2.91. The van der Waals surface area contributed by atoms with Crippen molar-refractivity contribution in [1.29, 1.82) is 0 Å². The summed E-state index contributed by atoms with van der Waals surface area (Å²) in [4.78, 5) is 25.4. The molecule has 0 fully saturated rings. The molecule has 1 aliphatic heterocycles. The van der Waals surface area contributed by atoms with E-state index < -0.39 is 0 Å². The van der Waals surface area contributed by atoms with Gasteiger partial charge >= 0.3 is 0 Å². The number of nitrogens with one attached hydrogen (secondary N) is 2. The van der Waals surface area contributed by atoms with Gasteiger partial charge in [-0.2, -0.15) is 0 Å². The Morgan fingerprint density at radius 2 is 2.10 bits per heavy atom. The zero-order valence-corrected chi connectivity index (χ0v) is 17.4. The van der Waals surface area contributed by atoms with Crippen LogP contribution < -0.4 is 15.4 Å². The minimum absolute atomic E-state index is 0.0146. The molecule has 2 heterocycles. The molecule has 0 bridgehead atoms. The van der Waals surface area contributed by atoms with Crippen molar-refractivity contribution in [2.45, 2.75) is 30.5 Å². The SMILES string of the molecule is Cc1cc(CSc2ccccc2C(=O)NC(C)c2ccc3c(c2)NC(=O)CO3)on1. The standard InChI is InChI=1S/C22H21N3O4S/c1-13-9-16(29-25-13)12-30-20-6-4-3-5-17(20)22(27)23-14(2)15-7-8-19-18(10-15)24-21(26)11-28-19/h3-10,14H,11-12H2,1-2H3,(H,23,27)(H,24,26). The van der Waals surface area contributed by atoms with E-state index in [0.717, 1.165) is 21.9 Å². The first-order valence-electron chi connectivity index (χ1n) is 9.51. The Morgan fingerprint density at radius 1 is 1.27 bits per heavy atom. The van der Waals surface area contributed by atoms with Crippen LogP contribution in [0.5, 0.6) is 5.75 Å². The van der Waals surface area contributed by atoms with Crippen LogP contribution in [0.4, 0.5) is 5.69 Å². The maximum absolute atomic E-state index is 13.0. The molecule has 3 aromatic rings. The zero-order chi connectivity index (χ0) is 21.1. The third kappa shape index (κ3) is 4.49. The van der Waals surface area contributed by atoms with Crippen molar-refractivity contribution >= 4 is 29.3 Å². The van der Waals surface area contributed by atoms with Crippen LogP contribution in [0.25, 0.3) is 0 Å². The van der Waals surface area contributed by atoms with E-state index in [1.54, 1.807) is 12.1 Å². The Morgan fingerprint density at radius 3 is 2.90 bits per heavy atom. The lowest BCUT2D eigenvalue weighted by atomic mass is 10.1. The number of carbonyl (C=O) groups is 2. The molecule has 0 aliphatic carbocycles. The fourth-order valence-corrected chi connectivity index (χ4v) is 4.07. The number of rotatable bonds is 6. The molecule has 7 nitrogen and oxygen atoms in total. The minimum Gasteiger partial charge on any atom is -0.482 e. The van der Waals surface area contributed by atoms with Crippen molar-refractivity contribution in [3.63, 3.8) is 0 Å². The van der Waals surface area contributed by atoms with Crippen LogP contribution in [0, 0.1) is 6.92 Å². The molecule has 2 aromatic carbocycles. The Hall–Kier alpha value is -3.26. The van der Waals surface area contributed by atoms with Gasteiger partial charge < -0.3 is 19.9 Å². The van der Waals surface area contributed by atoms with Gasteiger partial charge in [-0.1, -0.05) is 23.4 Å². The van der Waals surface area contributed by atoms with Gasteiger partial charge in [0.2, 0.25) is 0 Å². The van der Waals surface area contributed by atoms with Crippen LogP contribution in [0.1, 0.15) is 40.3 Å². The molecule has 1 aromatic heterocycles. The third-order valence-electron chi connectivity index (χ3n) is 4.66. The van der Waals surface area contributed by atoms with E-state index >= 15 is 0 Å². The number of anilines is 1. The van der Waals surface area contributed by atoms with Gasteiger partial charge in [-0.25, -0.2) is 0 Å². The second-order valence-electron chi connectivity index (χ2n) is 7.01. The monoisotopic (exact) mass is 423 g/mol. The largest absolute Gasteiger partial charge is 0.482 e. The van der Waals surface area contributed by atoms with Crippen molar-refractivity contribution in [2.24, 2.45) is 0 Å². The topological polar surface area (TPSA) is 93.5 Å². The molecule has 2 N–H and O–H groups in total. The number of amides is 2. The van der Waals surface area contributed by atoms with E-state index in [0.29, 0.717) is 22.8 Å². The van der Waals surface area contributed by atoms with Gasteiger partial charge in [0.25, 0.3) is 11.8 Å². The number of fused-ring (bicyclic) bond motifs is 1. The van der Waals surface area contributed by atoms with E-state index in [9.17, 15) is 9.59 Å². The van der Waals surface area contributed by atoms with Crippen LogP contribution in [0.2, 0.25) is 0 Å². The van der Waals surface area contributed by atoms with Crippen molar-refractivity contribution in [3.05, 3.63) is 71.1 Å². The van der Waals surface area contributed by atoms with Gasteiger partial charge in [0, 0.05) is 11.0 Å². The van der Waals surface area contributed by atoms with Gasteiger partial charge in [-0.15, -0.1) is 11.8 Å². The molecule has 154 valence electrons. The number of thioether (sulfide) groups is 1. The number of benzene rings is 2. The highest BCUT2D eigenvalue weighted by Crippen LogP contribution is 2.31. The average Bonchev–Trinajstić information content (AvgIpc) is 3.17. The first-order chi connectivity index (χ1) is 14.5. The predicted octanol–water partition coefficient (Wildman–Crippen LogP) is 4.10. The summed E-state index contributed by atoms with van der Waals surface area (Å²) >= 11 is 1.52. The van der Waals surface area contributed by atoms with Crippen LogP contribution in [0.15, 0.2) is 57.9 Å². The molecule has 0 saturated carbocycles. The fourth-order valence-electron chi connectivity index (χ4n) is 3.14. The first-order valence-corrected chi connectivity index (χ1v) is 10.5. The fraction of sp³-hybridized carbons (Fsp3) is 0.227. The Kier molecular flexibility index (Phi) is 5.76. The lowest BCUT2D eigenvalue weighted by molar-refractivity contribution is -0.118. The maximum atomic E-state index is 13.0. The Bertz CT molecular complexity index is 1100. The highest BCUT2D eigenvalue weighted by atomic mass is 32.2. The second kappa shape index (κ2) is 8.62. The molecule has 2 amide bonds. The average molecular weight is 423 g/mol. The third-order valence-corrected chi connectivity index (χ3v) is 5.76. The van der Waals surface area contributed by atoms with E-state index in [1.165, 1.54) is 11.8 Å². The minimum atomic E-state index is -0.253. The van der Waals surface area contributed by atoms with Crippen molar-refractivity contribution in [2.75, 3.05) is 11.9 Å². The molecule has 0 radical (unpaired) electrons. The van der Waals surface area contributed by atoms with Crippen LogP contribution >= 0.6 is 11.8 Å². The molecule has 1 unspecified atom stereocenters. The Balaban J connectivity index is 1.46. The highest BCUT2D eigenvalue weighted by molar-refractivity contribution is 7.98. The number of carbonyl (C=O) groups excluding carboxylic acids is 2. The predicted molar refractivity (Wildman–Crippen MR) is 114 cm³/mol. The summed E-state index contributed by atoms with van der Waals surface area (Å²) in [5.74, 6) is 1.62. The molecule has 0 saturated heterocycles. The number of ether oxygens (including phenoxy) is 1. The maximum Gasteiger partial charge on any atom is 0.262 e. The summed E-state index contributed by atoms with van der Waals surface area (Å²) in [5, 5.41) is 9.71. The molecule has 1 atom stereocenters. The van der Waals surface area contributed by atoms with Crippen LogP contribution in [-0.2, 0) is 10.5 Å². The number of hydrogen-bond donors (Lipinski definition) is 2. The van der Waals surface area contributed by atoms with Gasteiger partial charge in [-0.3, -0.25) is 9.59 Å². The summed E-state index contributed by atoms with van der Waals surface area (Å²) < 4.78 is 10.6. The van der Waals surface area contributed by atoms with Gasteiger partial charge in [0.15, 0.2) is 6.61 Å². The summed E-state index contributed by atoms with van der Waals surface area (Å²) in [6, 6.07) is 14.6. The van der Waals surface area contributed by atoms with Gasteiger partial charge in [-0.05, 0) is 43.7 Å². The highest BCUT2D eigenvalue weighted by Gasteiger charge is 2.19. The molecule has 30 heavy (non-hydrogen) atoms. The molecule has 8 heteroatoms. The van der Waals surface area contributed by atoms with E-state index in [2.05, 4.69) is 15.8 Å². The quantitative estimate of drug-likeness (QED) is 0.580. The number of aryl methyl sites for hydroxylation is 1. The normalized spacial score (nSPS) is 13.7. The summed E-state index contributed by atoms with van der Waals surface area (Å²) in [6.07, 6.45) is 0. The van der Waals surface area contributed by atoms with E-state index in [-0.39, 0.29) is 24.5 Å². The van der Waals surface area contributed by atoms with E-state index in [4.69, 9.17) is 9.26 Å². The Labute approximate surface area is 178 Å². The van der Waals surface area contributed by atoms with Crippen molar-refractivity contribution in [1.82, 2.24) is 10.5 Å². The second-order valence-corrected chi connectivity index (χ2v) is 8.02. The smallest absolute Gasteiger partial charge is 0.262 e. The van der Waals surface area contributed by atoms with Gasteiger partial charge in [0.1, 0.15) is 11.5 Å². The van der Waals surface area contributed by atoms with E-state index in [1.807, 2.05) is 50.2 Å². The number of nitrogens with zero attached hydrogens (tertiary/aromatic N) is 1. The molecule has 4 rings (SSSR count). The van der Waals surface area contributed by atoms with Crippen LogP contribution in [-0.4, -0.2) is 23.6 Å². The summed E-state index contributed by atoms with van der Waals surface area (Å²) in [6.45, 7) is 3.79. The van der Waals surface area contributed by atoms with Crippen LogP contribution in [0.3, 0.4) is 0 Å². The zero-order valence-electron chi connectivity index (χ0n) is 16.6. The molecular formula is C22H21N3O4S. The van der Waals surface area contributed by atoms with Crippen molar-refractivity contribution < 1.29 is 18.8 Å². The lowest BCUT2D eigenvalue weighted by Gasteiger charge is -2.21. The summed E-state index contributed by atoms with van der Waals surface area (Å²) in [7, 11) is 0.